The lowest BCUT2D eigenvalue weighted by molar-refractivity contribution is -0.125. The van der Waals surface area contributed by atoms with Crippen molar-refractivity contribution in [3.8, 4) is 0 Å². The van der Waals surface area contributed by atoms with Crippen LogP contribution in [0.2, 0.25) is 0 Å². The van der Waals surface area contributed by atoms with Gasteiger partial charge in [-0.3, -0.25) is 9.59 Å². The Morgan fingerprint density at radius 3 is 2.87 bits per heavy atom. The Bertz CT molecular complexity index is 935. The molecule has 1 unspecified atom stereocenters. The van der Waals surface area contributed by atoms with Gasteiger partial charge in [0.1, 0.15) is 0 Å². The van der Waals surface area contributed by atoms with Crippen LogP contribution in [0, 0.1) is 12.8 Å². The molecule has 1 aliphatic carbocycles. The average Bonchev–Trinajstić information content (AvgIpc) is 3.19. The van der Waals surface area contributed by atoms with E-state index in [-0.39, 0.29) is 17.4 Å². The van der Waals surface area contributed by atoms with Crippen LogP contribution in [-0.2, 0) is 4.79 Å². The second-order valence-corrected chi connectivity index (χ2v) is 9.60. The van der Waals surface area contributed by atoms with Gasteiger partial charge in [0.05, 0.1) is 5.92 Å². The van der Waals surface area contributed by atoms with Gasteiger partial charge in [0, 0.05) is 44.0 Å². The van der Waals surface area contributed by atoms with Crippen LogP contribution < -0.4 is 15.8 Å². The zero-order chi connectivity index (χ0) is 21.1. The van der Waals surface area contributed by atoms with Gasteiger partial charge in [-0.15, -0.1) is 5.10 Å². The van der Waals surface area contributed by atoms with Crippen LogP contribution in [0.4, 0.5) is 5.13 Å². The third-order valence-corrected chi connectivity index (χ3v) is 7.36. The first-order valence-electron chi connectivity index (χ1n) is 11.1. The van der Waals surface area contributed by atoms with Gasteiger partial charge in [-0.05, 0) is 39.7 Å². The maximum atomic E-state index is 12.8. The fourth-order valence-corrected chi connectivity index (χ4v) is 5.59. The zero-order valence-corrected chi connectivity index (χ0v) is 18.8. The minimum absolute atomic E-state index is 0.0443. The maximum absolute atomic E-state index is 12.8. The lowest BCUT2D eigenvalue weighted by Crippen LogP contribution is -2.45. The number of likely N-dealkylation sites (N-methyl/N-ethyl adjacent to an activating group) is 1. The summed E-state index contributed by atoms with van der Waals surface area (Å²) in [5, 5.41) is 8.37. The van der Waals surface area contributed by atoms with Crippen LogP contribution in [0.15, 0.2) is 10.9 Å². The smallest absolute Gasteiger partial charge is 0.275 e. The molecule has 0 radical (unpaired) electrons. The number of piperidine rings is 1. The van der Waals surface area contributed by atoms with Crippen molar-refractivity contribution >= 4 is 27.3 Å². The SMILES string of the molecule is Cc1cc(=O)n2nc(N3CCCC(C(=O)NCCN(C)C4CCCCC4)C3)sc2n1. The number of aromatic nitrogens is 3. The first-order chi connectivity index (χ1) is 14.5. The highest BCUT2D eigenvalue weighted by Crippen LogP contribution is 2.27. The van der Waals surface area contributed by atoms with Crippen LogP contribution in [0.25, 0.3) is 4.96 Å². The van der Waals surface area contributed by atoms with E-state index in [1.165, 1.54) is 54.0 Å². The van der Waals surface area contributed by atoms with E-state index in [1.807, 2.05) is 6.92 Å². The van der Waals surface area contributed by atoms with E-state index < -0.39 is 0 Å². The molecule has 1 aliphatic heterocycles. The Morgan fingerprint density at radius 2 is 2.07 bits per heavy atom. The molecule has 30 heavy (non-hydrogen) atoms. The average molecular weight is 433 g/mol. The van der Waals surface area contributed by atoms with Crippen molar-refractivity contribution in [2.24, 2.45) is 5.92 Å². The molecule has 4 rings (SSSR count). The van der Waals surface area contributed by atoms with E-state index >= 15 is 0 Å². The van der Waals surface area contributed by atoms with Gasteiger partial charge in [-0.1, -0.05) is 30.6 Å². The molecule has 9 heteroatoms. The van der Waals surface area contributed by atoms with Gasteiger partial charge in [-0.2, -0.15) is 4.52 Å². The highest BCUT2D eigenvalue weighted by molar-refractivity contribution is 7.20. The molecular formula is C21H32N6O2S. The van der Waals surface area contributed by atoms with E-state index in [1.54, 1.807) is 0 Å². The van der Waals surface area contributed by atoms with Crippen LogP contribution >= 0.6 is 11.3 Å². The van der Waals surface area contributed by atoms with Gasteiger partial charge in [0.15, 0.2) is 0 Å². The first kappa shape index (κ1) is 21.2. The molecule has 1 saturated heterocycles. The fourth-order valence-electron chi connectivity index (χ4n) is 4.61. The maximum Gasteiger partial charge on any atom is 0.275 e. The second-order valence-electron chi connectivity index (χ2n) is 8.66. The Kier molecular flexibility index (Phi) is 6.67. The number of rotatable bonds is 6. The van der Waals surface area contributed by atoms with Crippen molar-refractivity contribution in [2.75, 3.05) is 38.1 Å². The summed E-state index contributed by atoms with van der Waals surface area (Å²) in [6.45, 7) is 4.90. The number of hydrogen-bond donors (Lipinski definition) is 1. The van der Waals surface area contributed by atoms with Crippen molar-refractivity contribution in [1.82, 2.24) is 24.8 Å². The Balaban J connectivity index is 1.31. The third-order valence-electron chi connectivity index (χ3n) is 6.39. The Morgan fingerprint density at radius 1 is 1.27 bits per heavy atom. The van der Waals surface area contributed by atoms with Gasteiger partial charge < -0.3 is 15.1 Å². The number of carbonyl (C=O) groups is 1. The molecule has 1 amide bonds. The summed E-state index contributed by atoms with van der Waals surface area (Å²) in [5.41, 5.74) is 0.540. The lowest BCUT2D eigenvalue weighted by Gasteiger charge is -2.32. The zero-order valence-electron chi connectivity index (χ0n) is 18.0. The summed E-state index contributed by atoms with van der Waals surface area (Å²) >= 11 is 1.41. The molecule has 1 atom stereocenters. The number of fused-ring (bicyclic) bond motifs is 1. The van der Waals surface area contributed by atoms with Crippen molar-refractivity contribution in [3.05, 3.63) is 22.1 Å². The molecule has 1 saturated carbocycles. The highest BCUT2D eigenvalue weighted by atomic mass is 32.1. The van der Waals surface area contributed by atoms with E-state index in [0.29, 0.717) is 29.8 Å². The van der Waals surface area contributed by atoms with Gasteiger partial charge in [-0.25, -0.2) is 4.98 Å². The molecular weight excluding hydrogens is 400 g/mol. The van der Waals surface area contributed by atoms with Crippen LogP contribution in [0.1, 0.15) is 50.6 Å². The topological polar surface area (TPSA) is 82.8 Å². The van der Waals surface area contributed by atoms with Crippen molar-refractivity contribution in [3.63, 3.8) is 0 Å². The molecule has 0 bridgehead atoms. The first-order valence-corrected chi connectivity index (χ1v) is 11.9. The molecule has 2 fully saturated rings. The molecule has 0 aromatic carbocycles. The third kappa shape index (κ3) is 4.83. The number of nitrogens with zero attached hydrogens (tertiary/aromatic N) is 5. The van der Waals surface area contributed by atoms with Crippen molar-refractivity contribution in [1.29, 1.82) is 0 Å². The molecule has 8 nitrogen and oxygen atoms in total. The Labute approximate surface area is 181 Å². The molecule has 2 aliphatic rings. The minimum Gasteiger partial charge on any atom is -0.355 e. The van der Waals surface area contributed by atoms with Gasteiger partial charge in [0.25, 0.3) is 5.56 Å². The molecule has 3 heterocycles. The van der Waals surface area contributed by atoms with Crippen molar-refractivity contribution < 1.29 is 4.79 Å². The molecule has 164 valence electrons. The summed E-state index contributed by atoms with van der Waals surface area (Å²) in [5.74, 6) is 0.0844. The number of nitrogens with one attached hydrogen (secondary N) is 1. The summed E-state index contributed by atoms with van der Waals surface area (Å²) in [6, 6.07) is 2.16. The highest BCUT2D eigenvalue weighted by Gasteiger charge is 2.28. The quantitative estimate of drug-likeness (QED) is 0.752. The summed E-state index contributed by atoms with van der Waals surface area (Å²) < 4.78 is 1.36. The fraction of sp³-hybridized carbons (Fsp3) is 0.714. The normalized spacial score (nSPS) is 20.8. The predicted octanol–water partition coefficient (Wildman–Crippen LogP) is 2.06. The van der Waals surface area contributed by atoms with Crippen molar-refractivity contribution in [2.45, 2.75) is 57.9 Å². The number of carbonyl (C=O) groups excluding carboxylic acids is 1. The number of hydrogen-bond acceptors (Lipinski definition) is 7. The molecule has 2 aromatic rings. The molecule has 0 spiro atoms. The predicted molar refractivity (Wildman–Crippen MR) is 119 cm³/mol. The van der Waals surface area contributed by atoms with E-state index in [9.17, 15) is 9.59 Å². The van der Waals surface area contributed by atoms with Gasteiger partial charge in [0.2, 0.25) is 16.0 Å². The lowest BCUT2D eigenvalue weighted by atomic mass is 9.94. The number of aryl methyl sites for hydroxylation is 1. The molecule has 1 N–H and O–H groups in total. The minimum atomic E-state index is -0.159. The summed E-state index contributed by atoms with van der Waals surface area (Å²) in [4.78, 5) is 34.4. The van der Waals surface area contributed by atoms with Crippen LogP contribution in [-0.4, -0.2) is 64.7 Å². The summed E-state index contributed by atoms with van der Waals surface area (Å²) in [7, 11) is 2.18. The molecule has 2 aromatic heterocycles. The van der Waals surface area contributed by atoms with Gasteiger partial charge >= 0.3 is 0 Å². The van der Waals surface area contributed by atoms with Crippen LogP contribution in [0.5, 0.6) is 0 Å². The standard InChI is InChI=1S/C21H32N6O2S/c1-15-13-18(28)27-20(23-15)30-21(24-27)26-11-6-7-16(14-26)19(29)22-10-12-25(2)17-8-4-3-5-9-17/h13,16-17H,3-12,14H2,1-2H3,(H,22,29). The monoisotopic (exact) mass is 432 g/mol. The number of anilines is 1. The second kappa shape index (κ2) is 9.43. The number of amides is 1. The van der Waals surface area contributed by atoms with E-state index in [2.05, 4.69) is 32.2 Å². The largest absolute Gasteiger partial charge is 0.355 e. The summed E-state index contributed by atoms with van der Waals surface area (Å²) in [6.07, 6.45) is 8.40. The van der Waals surface area contributed by atoms with Crippen LogP contribution in [0.3, 0.4) is 0 Å². The van der Waals surface area contributed by atoms with E-state index in [0.717, 1.165) is 31.1 Å². The Hall–Kier alpha value is -2.00. The van der Waals surface area contributed by atoms with E-state index in [4.69, 9.17) is 0 Å².